The highest BCUT2D eigenvalue weighted by Crippen LogP contribution is 2.07. The average molecular weight is 226 g/mol. The summed E-state index contributed by atoms with van der Waals surface area (Å²) in [7, 11) is 0. The lowest BCUT2D eigenvalue weighted by Crippen LogP contribution is -2.37. The number of hydrogen-bond acceptors (Lipinski definition) is 5. The van der Waals surface area contributed by atoms with E-state index in [9.17, 15) is 0 Å². The van der Waals surface area contributed by atoms with Crippen molar-refractivity contribution in [3.05, 3.63) is 17.3 Å². The second kappa shape index (κ2) is 5.43. The van der Waals surface area contributed by atoms with Crippen molar-refractivity contribution in [2.24, 2.45) is 0 Å². The number of aromatic nitrogens is 1. The smallest absolute Gasteiger partial charge is 0.208 e. The zero-order valence-corrected chi connectivity index (χ0v) is 9.78. The van der Waals surface area contributed by atoms with Crippen LogP contribution in [0.1, 0.15) is 17.3 Å². The van der Waals surface area contributed by atoms with Crippen LogP contribution in [0.15, 0.2) is 4.42 Å². The Kier molecular flexibility index (Phi) is 3.93. The Labute approximate surface area is 95.1 Å². The predicted molar refractivity (Wildman–Crippen MR) is 58.2 cm³/mol. The van der Waals surface area contributed by atoms with Gasteiger partial charge in [0.25, 0.3) is 0 Å². The number of nitrogens with one attached hydrogen (secondary N) is 1. The number of oxazole rings is 1. The van der Waals surface area contributed by atoms with Crippen molar-refractivity contribution in [2.45, 2.75) is 26.5 Å². The molecule has 1 aliphatic rings. The van der Waals surface area contributed by atoms with Crippen molar-refractivity contribution in [3.63, 3.8) is 0 Å². The molecule has 1 fully saturated rings. The van der Waals surface area contributed by atoms with E-state index < -0.39 is 0 Å². The highest BCUT2D eigenvalue weighted by molar-refractivity contribution is 5.05. The summed E-state index contributed by atoms with van der Waals surface area (Å²) >= 11 is 0. The fourth-order valence-electron chi connectivity index (χ4n) is 1.61. The van der Waals surface area contributed by atoms with Crippen molar-refractivity contribution in [3.8, 4) is 0 Å². The number of aryl methyl sites for hydroxylation is 2. The van der Waals surface area contributed by atoms with E-state index in [-0.39, 0.29) is 6.10 Å². The van der Waals surface area contributed by atoms with E-state index in [0.717, 1.165) is 23.9 Å². The van der Waals surface area contributed by atoms with E-state index in [1.807, 2.05) is 13.8 Å². The van der Waals surface area contributed by atoms with Crippen molar-refractivity contribution < 1.29 is 13.9 Å². The zero-order valence-electron chi connectivity index (χ0n) is 9.78. The van der Waals surface area contributed by atoms with Crippen LogP contribution in [0.5, 0.6) is 0 Å². The Balaban J connectivity index is 1.71. The molecule has 90 valence electrons. The van der Waals surface area contributed by atoms with Gasteiger partial charge in [0, 0.05) is 6.54 Å². The largest absolute Gasteiger partial charge is 0.444 e. The number of rotatable bonds is 4. The summed E-state index contributed by atoms with van der Waals surface area (Å²) in [5.41, 5.74) is 0.953. The van der Waals surface area contributed by atoms with Crippen LogP contribution in [-0.2, 0) is 16.0 Å². The maximum Gasteiger partial charge on any atom is 0.208 e. The van der Waals surface area contributed by atoms with Gasteiger partial charge >= 0.3 is 0 Å². The van der Waals surface area contributed by atoms with Crippen LogP contribution in [0.2, 0.25) is 0 Å². The first-order valence-electron chi connectivity index (χ1n) is 5.58. The number of nitrogens with zero attached hydrogens (tertiary/aromatic N) is 1. The molecule has 1 aromatic heterocycles. The first-order chi connectivity index (χ1) is 7.75. The van der Waals surface area contributed by atoms with E-state index in [1.165, 1.54) is 0 Å². The molecule has 0 saturated carbocycles. The Bertz CT molecular complexity index is 312. The molecule has 1 N–H and O–H groups in total. The molecule has 0 aliphatic carbocycles. The minimum Gasteiger partial charge on any atom is -0.444 e. The van der Waals surface area contributed by atoms with Crippen LogP contribution in [0.3, 0.4) is 0 Å². The summed E-state index contributed by atoms with van der Waals surface area (Å²) in [6, 6.07) is 0. The molecule has 1 aliphatic heterocycles. The van der Waals surface area contributed by atoms with Gasteiger partial charge in [-0.2, -0.15) is 0 Å². The number of ether oxygens (including phenoxy) is 2. The molecule has 0 bridgehead atoms. The third-order valence-corrected chi connectivity index (χ3v) is 2.61. The Morgan fingerprint density at radius 2 is 2.25 bits per heavy atom. The highest BCUT2D eigenvalue weighted by atomic mass is 16.6. The molecule has 16 heavy (non-hydrogen) atoms. The predicted octanol–water partition coefficient (Wildman–Crippen LogP) is 0.796. The molecule has 5 heteroatoms. The zero-order chi connectivity index (χ0) is 11.4. The van der Waals surface area contributed by atoms with E-state index >= 15 is 0 Å². The summed E-state index contributed by atoms with van der Waals surface area (Å²) in [5, 5.41) is 3.25. The molecule has 1 unspecified atom stereocenters. The second-order valence-corrected chi connectivity index (χ2v) is 3.95. The van der Waals surface area contributed by atoms with Crippen molar-refractivity contribution in [1.82, 2.24) is 10.3 Å². The van der Waals surface area contributed by atoms with Crippen molar-refractivity contribution >= 4 is 0 Å². The van der Waals surface area contributed by atoms with Gasteiger partial charge in [0.2, 0.25) is 5.89 Å². The maximum absolute atomic E-state index is 5.51. The molecule has 1 aromatic rings. The van der Waals surface area contributed by atoms with Crippen LogP contribution < -0.4 is 5.32 Å². The van der Waals surface area contributed by atoms with E-state index in [0.29, 0.717) is 26.4 Å². The third kappa shape index (κ3) is 3.04. The van der Waals surface area contributed by atoms with E-state index in [4.69, 9.17) is 13.9 Å². The summed E-state index contributed by atoms with van der Waals surface area (Å²) in [5.74, 6) is 1.61. The molecule has 1 atom stereocenters. The maximum atomic E-state index is 5.51. The normalized spacial score (nSPS) is 21.2. The lowest BCUT2D eigenvalue weighted by atomic mass is 10.3. The first-order valence-corrected chi connectivity index (χ1v) is 5.58. The third-order valence-electron chi connectivity index (χ3n) is 2.61. The molecule has 2 rings (SSSR count). The quantitative estimate of drug-likeness (QED) is 0.822. The fraction of sp³-hybridized carbons (Fsp3) is 0.727. The molecule has 5 nitrogen and oxygen atoms in total. The van der Waals surface area contributed by atoms with Crippen LogP contribution in [-0.4, -0.2) is 37.5 Å². The molecule has 1 saturated heterocycles. The van der Waals surface area contributed by atoms with Gasteiger partial charge in [-0.25, -0.2) is 4.98 Å². The van der Waals surface area contributed by atoms with Crippen LogP contribution >= 0.6 is 0 Å². The van der Waals surface area contributed by atoms with Crippen molar-refractivity contribution in [1.29, 1.82) is 0 Å². The summed E-state index contributed by atoms with van der Waals surface area (Å²) < 4.78 is 16.3. The Morgan fingerprint density at radius 3 is 2.88 bits per heavy atom. The minimum absolute atomic E-state index is 0.144. The second-order valence-electron chi connectivity index (χ2n) is 3.95. The first kappa shape index (κ1) is 11.6. The van der Waals surface area contributed by atoms with Gasteiger partial charge in [0.15, 0.2) is 0 Å². The fourth-order valence-corrected chi connectivity index (χ4v) is 1.61. The molecule has 0 spiro atoms. The van der Waals surface area contributed by atoms with Gasteiger partial charge in [-0.05, 0) is 13.8 Å². The van der Waals surface area contributed by atoms with E-state index in [2.05, 4.69) is 10.3 Å². The monoisotopic (exact) mass is 226 g/mol. The molecule has 0 aromatic carbocycles. The standard InChI is InChI=1S/C11H18N2O3/c1-8-9(2)16-11(13-8)6-12-5-10-7-14-3-4-15-10/h10,12H,3-7H2,1-2H3. The lowest BCUT2D eigenvalue weighted by molar-refractivity contribution is -0.0865. The van der Waals surface area contributed by atoms with Gasteiger partial charge in [0.05, 0.1) is 38.2 Å². The SMILES string of the molecule is Cc1nc(CNCC2COCCO2)oc1C. The molecular weight excluding hydrogens is 208 g/mol. The topological polar surface area (TPSA) is 56.5 Å². The molecule has 2 heterocycles. The van der Waals surface area contributed by atoms with E-state index in [1.54, 1.807) is 0 Å². The summed E-state index contributed by atoms with van der Waals surface area (Å²) in [6.45, 7) is 7.31. The van der Waals surface area contributed by atoms with Gasteiger partial charge in [-0.1, -0.05) is 0 Å². The van der Waals surface area contributed by atoms with Gasteiger partial charge in [0.1, 0.15) is 5.76 Å². The molecule has 0 radical (unpaired) electrons. The van der Waals surface area contributed by atoms with Crippen LogP contribution in [0.25, 0.3) is 0 Å². The highest BCUT2D eigenvalue weighted by Gasteiger charge is 2.14. The minimum atomic E-state index is 0.144. The van der Waals surface area contributed by atoms with Crippen molar-refractivity contribution in [2.75, 3.05) is 26.4 Å². The average Bonchev–Trinajstić information content (AvgIpc) is 2.60. The van der Waals surface area contributed by atoms with Gasteiger partial charge in [-0.15, -0.1) is 0 Å². The van der Waals surface area contributed by atoms with Crippen LogP contribution in [0.4, 0.5) is 0 Å². The lowest BCUT2D eigenvalue weighted by Gasteiger charge is -2.22. The van der Waals surface area contributed by atoms with Gasteiger partial charge < -0.3 is 19.2 Å². The Morgan fingerprint density at radius 1 is 1.38 bits per heavy atom. The summed E-state index contributed by atoms with van der Waals surface area (Å²) in [4.78, 5) is 4.29. The Hall–Kier alpha value is -0.910. The van der Waals surface area contributed by atoms with Crippen LogP contribution in [0, 0.1) is 13.8 Å². The van der Waals surface area contributed by atoms with Gasteiger partial charge in [-0.3, -0.25) is 0 Å². The molecular formula is C11H18N2O3. The molecule has 0 amide bonds. The number of hydrogen-bond donors (Lipinski definition) is 1. The summed E-state index contributed by atoms with van der Waals surface area (Å²) in [6.07, 6.45) is 0.144.